The van der Waals surface area contributed by atoms with E-state index in [1.807, 2.05) is 38.1 Å². The largest absolute Gasteiger partial charge is 0.380 e. The molecule has 1 N–H and O–H groups in total. The molecule has 0 bridgehead atoms. The van der Waals surface area contributed by atoms with E-state index in [-0.39, 0.29) is 5.91 Å². The van der Waals surface area contributed by atoms with Crippen LogP contribution in [0.25, 0.3) is 0 Å². The summed E-state index contributed by atoms with van der Waals surface area (Å²) < 4.78 is 10.3. The first-order valence-electron chi connectivity index (χ1n) is 8.93. The number of aryl methyl sites for hydroxylation is 2. The van der Waals surface area contributed by atoms with Crippen molar-refractivity contribution in [3.05, 3.63) is 76.3 Å². The molecule has 0 spiro atoms. The third-order valence-corrected chi connectivity index (χ3v) is 5.37. The molecule has 0 aliphatic rings. The topological polar surface area (TPSA) is 77.2 Å². The van der Waals surface area contributed by atoms with Crippen molar-refractivity contribution in [2.75, 3.05) is 7.11 Å². The summed E-state index contributed by atoms with van der Waals surface area (Å²) in [5.74, 6) is 1.30. The molecule has 0 radical (unpaired) electrons. The van der Waals surface area contributed by atoms with Gasteiger partial charge in [-0.25, -0.2) is 4.98 Å². The fraction of sp³-hybridized carbons (Fsp3) is 0.286. The molecule has 3 aromatic rings. The van der Waals surface area contributed by atoms with Crippen LogP contribution in [-0.4, -0.2) is 23.2 Å². The first-order valence-corrected chi connectivity index (χ1v) is 9.91. The Balaban J connectivity index is 1.63. The highest BCUT2D eigenvalue weighted by molar-refractivity contribution is 7.98. The fourth-order valence-corrected chi connectivity index (χ4v) is 3.87. The van der Waals surface area contributed by atoms with Crippen LogP contribution >= 0.6 is 11.8 Å². The van der Waals surface area contributed by atoms with Crippen molar-refractivity contribution >= 4 is 17.7 Å². The number of amides is 1. The first kappa shape index (κ1) is 20.1. The monoisotopic (exact) mass is 397 g/mol. The molecule has 0 saturated carbocycles. The van der Waals surface area contributed by atoms with Crippen molar-refractivity contribution in [1.82, 2.24) is 15.5 Å². The van der Waals surface area contributed by atoms with Crippen molar-refractivity contribution in [1.29, 1.82) is 0 Å². The molecular formula is C21H23N3O3S. The number of rotatable bonds is 8. The first-order chi connectivity index (χ1) is 13.6. The lowest BCUT2D eigenvalue weighted by Gasteiger charge is -2.10. The van der Waals surface area contributed by atoms with E-state index < -0.39 is 0 Å². The number of nitrogens with one attached hydrogen (secondary N) is 1. The summed E-state index contributed by atoms with van der Waals surface area (Å²) in [6, 6.07) is 11.5. The van der Waals surface area contributed by atoms with Gasteiger partial charge in [0.1, 0.15) is 10.8 Å². The van der Waals surface area contributed by atoms with Gasteiger partial charge in [0.2, 0.25) is 0 Å². The van der Waals surface area contributed by atoms with Gasteiger partial charge in [-0.1, -0.05) is 29.4 Å². The smallest absolute Gasteiger partial charge is 0.254 e. The zero-order valence-corrected chi connectivity index (χ0v) is 17.0. The average Bonchev–Trinajstić information content (AvgIpc) is 3.03. The lowest BCUT2D eigenvalue weighted by atomic mass is 10.1. The van der Waals surface area contributed by atoms with Gasteiger partial charge in [-0.3, -0.25) is 4.79 Å². The molecule has 7 heteroatoms. The molecule has 1 aromatic carbocycles. The van der Waals surface area contributed by atoms with Crippen LogP contribution in [0.4, 0.5) is 0 Å². The number of hydrogen-bond acceptors (Lipinski definition) is 6. The molecule has 0 unspecified atom stereocenters. The number of benzene rings is 1. The van der Waals surface area contributed by atoms with E-state index in [0.717, 1.165) is 28.1 Å². The van der Waals surface area contributed by atoms with Gasteiger partial charge in [0.15, 0.2) is 0 Å². The Kier molecular flexibility index (Phi) is 6.84. The van der Waals surface area contributed by atoms with Gasteiger partial charge in [-0.2, -0.15) is 0 Å². The maximum absolute atomic E-state index is 12.7. The van der Waals surface area contributed by atoms with Crippen molar-refractivity contribution in [2.24, 2.45) is 0 Å². The molecule has 0 aliphatic carbocycles. The summed E-state index contributed by atoms with van der Waals surface area (Å²) in [6.07, 6.45) is 1.70. The lowest BCUT2D eigenvalue weighted by Crippen LogP contribution is -2.23. The van der Waals surface area contributed by atoms with Gasteiger partial charge in [-0.05, 0) is 37.1 Å². The number of thioether (sulfide) groups is 1. The van der Waals surface area contributed by atoms with Crippen LogP contribution in [0.15, 0.2) is 52.1 Å². The van der Waals surface area contributed by atoms with E-state index in [1.54, 1.807) is 25.4 Å². The van der Waals surface area contributed by atoms with E-state index in [2.05, 4.69) is 15.5 Å². The molecule has 0 saturated heterocycles. The number of methoxy groups -OCH3 is 1. The Labute approximate surface area is 168 Å². The number of carbonyl (C=O) groups excluding carboxylic acids is 1. The number of aromatic nitrogens is 2. The Morgan fingerprint density at radius 1 is 1.18 bits per heavy atom. The summed E-state index contributed by atoms with van der Waals surface area (Å²) in [7, 11) is 1.67. The van der Waals surface area contributed by atoms with Crippen LogP contribution in [0.2, 0.25) is 0 Å². The summed E-state index contributed by atoms with van der Waals surface area (Å²) >= 11 is 1.50. The zero-order valence-electron chi connectivity index (χ0n) is 16.2. The Morgan fingerprint density at radius 3 is 2.61 bits per heavy atom. The number of carbonyl (C=O) groups is 1. The molecule has 28 heavy (non-hydrogen) atoms. The molecule has 0 fully saturated rings. The second kappa shape index (κ2) is 9.52. The molecule has 0 atom stereocenters. The second-order valence-corrected chi connectivity index (χ2v) is 7.34. The lowest BCUT2D eigenvalue weighted by molar-refractivity contribution is 0.0947. The maximum Gasteiger partial charge on any atom is 0.254 e. The highest BCUT2D eigenvalue weighted by Crippen LogP contribution is 2.27. The fourth-order valence-electron chi connectivity index (χ4n) is 2.72. The van der Waals surface area contributed by atoms with E-state index in [4.69, 9.17) is 9.26 Å². The minimum absolute atomic E-state index is 0.143. The molecule has 6 nitrogen and oxygen atoms in total. The minimum atomic E-state index is -0.143. The van der Waals surface area contributed by atoms with Crippen LogP contribution in [-0.2, 0) is 23.6 Å². The number of nitrogens with zero attached hydrogens (tertiary/aromatic N) is 2. The molecule has 146 valence electrons. The number of pyridine rings is 1. The minimum Gasteiger partial charge on any atom is -0.380 e. The van der Waals surface area contributed by atoms with E-state index >= 15 is 0 Å². The maximum atomic E-state index is 12.7. The van der Waals surface area contributed by atoms with Crippen LogP contribution in [0, 0.1) is 13.8 Å². The van der Waals surface area contributed by atoms with Gasteiger partial charge in [0.05, 0.1) is 17.9 Å². The summed E-state index contributed by atoms with van der Waals surface area (Å²) in [6.45, 7) is 4.83. The number of hydrogen-bond donors (Lipinski definition) is 1. The van der Waals surface area contributed by atoms with Crippen molar-refractivity contribution < 1.29 is 14.1 Å². The van der Waals surface area contributed by atoms with Crippen LogP contribution in [0.3, 0.4) is 0 Å². The summed E-state index contributed by atoms with van der Waals surface area (Å²) in [5, 5.41) is 7.63. The standard InChI is InChI=1S/C21H23N3O3S/c1-14-19(15(2)27-24-14)13-28-21-18(5-4-10-22-21)20(25)23-11-16-6-8-17(9-7-16)12-26-3/h4-10H,11-13H2,1-3H3,(H,23,25). The predicted octanol–water partition coefficient (Wildman–Crippen LogP) is 4.06. The molecule has 3 rings (SSSR count). The van der Waals surface area contributed by atoms with Gasteiger partial charge >= 0.3 is 0 Å². The normalized spacial score (nSPS) is 10.8. The Hall–Kier alpha value is -2.64. The van der Waals surface area contributed by atoms with Crippen molar-refractivity contribution in [3.8, 4) is 0 Å². The number of ether oxygens (including phenoxy) is 1. The Bertz CT molecular complexity index is 919. The van der Waals surface area contributed by atoms with Gasteiger partial charge in [0, 0.05) is 31.2 Å². The summed E-state index contributed by atoms with van der Waals surface area (Å²) in [4.78, 5) is 17.1. The van der Waals surface area contributed by atoms with Crippen molar-refractivity contribution in [3.63, 3.8) is 0 Å². The van der Waals surface area contributed by atoms with Crippen LogP contribution in [0.1, 0.15) is 38.5 Å². The van der Waals surface area contributed by atoms with E-state index in [0.29, 0.717) is 29.5 Å². The van der Waals surface area contributed by atoms with Gasteiger partial charge < -0.3 is 14.6 Å². The highest BCUT2D eigenvalue weighted by atomic mass is 32.2. The second-order valence-electron chi connectivity index (χ2n) is 6.38. The zero-order chi connectivity index (χ0) is 19.9. The van der Waals surface area contributed by atoms with Gasteiger partial charge in [-0.15, -0.1) is 11.8 Å². The molecule has 2 heterocycles. The van der Waals surface area contributed by atoms with Crippen LogP contribution < -0.4 is 5.32 Å². The SMILES string of the molecule is COCc1ccc(CNC(=O)c2cccnc2SCc2c(C)noc2C)cc1. The highest BCUT2D eigenvalue weighted by Gasteiger charge is 2.15. The van der Waals surface area contributed by atoms with E-state index in [1.165, 1.54) is 11.8 Å². The van der Waals surface area contributed by atoms with Crippen LogP contribution in [0.5, 0.6) is 0 Å². The average molecular weight is 398 g/mol. The molecular weight excluding hydrogens is 374 g/mol. The molecule has 1 amide bonds. The Morgan fingerprint density at radius 2 is 1.93 bits per heavy atom. The van der Waals surface area contributed by atoms with E-state index in [9.17, 15) is 4.79 Å². The molecule has 2 aromatic heterocycles. The van der Waals surface area contributed by atoms with Gasteiger partial charge in [0.25, 0.3) is 5.91 Å². The third-order valence-electron chi connectivity index (χ3n) is 4.34. The quantitative estimate of drug-likeness (QED) is 0.578. The summed E-state index contributed by atoms with van der Waals surface area (Å²) in [5.41, 5.74) is 4.60. The van der Waals surface area contributed by atoms with Crippen molar-refractivity contribution in [2.45, 2.75) is 37.8 Å². The molecule has 0 aliphatic heterocycles. The third kappa shape index (κ3) is 4.99. The predicted molar refractivity (Wildman–Crippen MR) is 108 cm³/mol.